The highest BCUT2D eigenvalue weighted by Crippen LogP contribution is 2.43. The zero-order chi connectivity index (χ0) is 22.6. The first kappa shape index (κ1) is 22.6. The summed E-state index contributed by atoms with van der Waals surface area (Å²) >= 11 is 5.87. The molecule has 6 nitrogen and oxygen atoms in total. The molecule has 31 heavy (non-hydrogen) atoms. The number of nitrogens with zero attached hydrogens (tertiary/aromatic N) is 1. The third-order valence-corrected chi connectivity index (χ3v) is 7.20. The molecule has 0 saturated carbocycles. The molecule has 0 heterocycles. The van der Waals surface area contributed by atoms with Crippen LogP contribution in [0.4, 0.5) is 4.39 Å². The Balaban J connectivity index is 2.18. The van der Waals surface area contributed by atoms with Crippen LogP contribution in [-0.2, 0) is 9.84 Å². The molecule has 2 atom stereocenters. The normalized spacial score (nSPS) is 14.4. The van der Waals surface area contributed by atoms with Crippen LogP contribution >= 0.6 is 11.6 Å². The van der Waals surface area contributed by atoms with E-state index in [1.54, 1.807) is 18.2 Å². The first-order valence-electron chi connectivity index (χ1n) is 9.14. The Kier molecular flexibility index (Phi) is 6.52. The van der Waals surface area contributed by atoms with Gasteiger partial charge in [-0.2, -0.15) is 0 Å². The van der Waals surface area contributed by atoms with Gasteiger partial charge in [-0.3, -0.25) is 14.9 Å². The first-order chi connectivity index (χ1) is 14.7. The summed E-state index contributed by atoms with van der Waals surface area (Å²) in [6, 6.07) is 19.4. The van der Waals surface area contributed by atoms with Crippen molar-refractivity contribution in [3.63, 3.8) is 0 Å². The van der Waals surface area contributed by atoms with E-state index in [1.807, 2.05) is 0 Å². The summed E-state index contributed by atoms with van der Waals surface area (Å²) in [6.07, 6.45) is -0.741. The van der Waals surface area contributed by atoms with Crippen LogP contribution < -0.4 is 0 Å². The Hall–Kier alpha value is -3.10. The third kappa shape index (κ3) is 4.35. The quantitative estimate of drug-likeness (QED) is 0.202. The molecule has 0 aliphatic rings. The van der Waals surface area contributed by atoms with Crippen LogP contribution in [0.25, 0.3) is 0 Å². The summed E-state index contributed by atoms with van der Waals surface area (Å²) in [5, 5.41) is 8.23. The lowest BCUT2D eigenvalue weighted by molar-refractivity contribution is -0.578. The molecule has 2 unspecified atom stereocenters. The number of carbonyl (C=O) groups is 1. The van der Waals surface area contributed by atoms with Crippen molar-refractivity contribution in [1.29, 1.82) is 0 Å². The van der Waals surface area contributed by atoms with Crippen molar-refractivity contribution in [2.24, 2.45) is 0 Å². The number of ketones is 1. The number of rotatable bonds is 8. The lowest BCUT2D eigenvalue weighted by Crippen LogP contribution is -2.48. The number of alkyl halides is 1. The average Bonchev–Trinajstić information content (AvgIpc) is 2.78. The van der Waals surface area contributed by atoms with Gasteiger partial charge in [0.05, 0.1) is 9.82 Å². The van der Waals surface area contributed by atoms with Gasteiger partial charge in [0.15, 0.2) is 5.78 Å². The highest BCUT2D eigenvalue weighted by molar-refractivity contribution is 7.92. The summed E-state index contributed by atoms with van der Waals surface area (Å²) < 4.78 is 42.5. The lowest BCUT2D eigenvalue weighted by atomic mass is 9.90. The van der Waals surface area contributed by atoms with E-state index in [4.69, 9.17) is 11.6 Å². The monoisotopic (exact) mass is 461 g/mol. The molecule has 0 aliphatic carbocycles. The fraction of sp³-hybridized carbons (Fsp3) is 0.136. The van der Waals surface area contributed by atoms with Gasteiger partial charge >= 0.3 is 5.12 Å². The highest BCUT2D eigenvalue weighted by Gasteiger charge is 2.64. The Morgan fingerprint density at radius 3 is 2.00 bits per heavy atom. The van der Waals surface area contributed by atoms with Gasteiger partial charge in [-0.15, -0.1) is 4.39 Å². The largest absolute Gasteiger partial charge is 0.469 e. The lowest BCUT2D eigenvalue weighted by Gasteiger charge is -2.26. The van der Waals surface area contributed by atoms with Gasteiger partial charge in [-0.25, -0.2) is 8.42 Å². The number of nitro groups is 1. The highest BCUT2D eigenvalue weighted by atomic mass is 35.5. The van der Waals surface area contributed by atoms with Gasteiger partial charge in [0.1, 0.15) is 5.92 Å². The average molecular weight is 462 g/mol. The van der Waals surface area contributed by atoms with Gasteiger partial charge in [-0.1, -0.05) is 72.3 Å². The van der Waals surface area contributed by atoms with Crippen LogP contribution in [-0.4, -0.2) is 24.2 Å². The fourth-order valence-electron chi connectivity index (χ4n) is 3.25. The molecule has 0 saturated heterocycles. The summed E-state index contributed by atoms with van der Waals surface area (Å²) in [6.45, 7) is 0. The Bertz CT molecular complexity index is 1190. The van der Waals surface area contributed by atoms with Gasteiger partial charge in [-0.05, 0) is 29.8 Å². The van der Waals surface area contributed by atoms with Crippen LogP contribution in [0.15, 0.2) is 89.8 Å². The number of hydrogen-bond donors (Lipinski definition) is 0. The molecule has 160 valence electrons. The minimum absolute atomic E-state index is 0.0348. The molecule has 3 rings (SSSR count). The summed E-state index contributed by atoms with van der Waals surface area (Å²) in [5.41, 5.74) is 0.150. The van der Waals surface area contributed by atoms with Crippen molar-refractivity contribution in [2.75, 3.05) is 0 Å². The standard InChI is InChI=1S/C22H17ClFNO5S/c23-18-13-11-16(12-14-18)20(15-21(26)17-7-3-1-4-8-17)22(24,25(27)28)31(29,30)19-9-5-2-6-10-19/h1-14,20H,15H2. The number of halogens is 2. The van der Waals surface area contributed by atoms with Crippen molar-refractivity contribution in [3.05, 3.63) is 111 Å². The Labute approximate surface area is 183 Å². The molecule has 0 aliphatic heterocycles. The van der Waals surface area contributed by atoms with Crippen LogP contribution in [0.3, 0.4) is 0 Å². The zero-order valence-electron chi connectivity index (χ0n) is 16.0. The third-order valence-electron chi connectivity index (χ3n) is 4.87. The summed E-state index contributed by atoms with van der Waals surface area (Å²) in [7, 11) is -5.14. The number of sulfone groups is 1. The summed E-state index contributed by atoms with van der Waals surface area (Å²) in [5.74, 6) is -2.55. The maximum absolute atomic E-state index is 16.2. The Morgan fingerprint density at radius 2 is 1.48 bits per heavy atom. The SMILES string of the molecule is O=C(CC(c1ccc(Cl)cc1)C(F)([N+](=O)[O-])S(=O)(=O)c1ccccc1)c1ccccc1. The van der Waals surface area contributed by atoms with E-state index in [1.165, 1.54) is 54.6 Å². The van der Waals surface area contributed by atoms with E-state index in [0.29, 0.717) is 0 Å². The predicted octanol–water partition coefficient (Wildman–Crippen LogP) is 5.07. The molecule has 0 bridgehead atoms. The molecule has 0 amide bonds. The van der Waals surface area contributed by atoms with Gasteiger partial charge in [0.2, 0.25) is 0 Å². The molecule has 0 spiro atoms. The van der Waals surface area contributed by atoms with Crippen LogP contribution in [0, 0.1) is 10.1 Å². The fourth-order valence-corrected chi connectivity index (χ4v) is 5.01. The minimum Gasteiger partial charge on any atom is -0.294 e. The molecule has 3 aromatic carbocycles. The van der Waals surface area contributed by atoms with Crippen LogP contribution in [0.5, 0.6) is 0 Å². The number of carbonyl (C=O) groups excluding carboxylic acids is 1. The molecule has 0 aromatic heterocycles. The van der Waals surface area contributed by atoms with E-state index >= 15 is 4.39 Å². The first-order valence-corrected chi connectivity index (χ1v) is 11.0. The van der Waals surface area contributed by atoms with E-state index in [2.05, 4.69) is 0 Å². The van der Waals surface area contributed by atoms with Crippen LogP contribution in [0.2, 0.25) is 5.02 Å². The predicted molar refractivity (Wildman–Crippen MR) is 114 cm³/mol. The second-order valence-electron chi connectivity index (χ2n) is 6.78. The van der Waals surface area contributed by atoms with Gasteiger partial charge < -0.3 is 0 Å². The molecule has 9 heteroatoms. The van der Waals surface area contributed by atoms with Crippen molar-refractivity contribution >= 4 is 27.2 Å². The molecule has 0 fully saturated rings. The number of Topliss-reactive ketones (excluding diaryl/α,β-unsaturated/α-hetero) is 1. The second kappa shape index (κ2) is 8.95. The van der Waals surface area contributed by atoms with E-state index in [-0.39, 0.29) is 16.1 Å². The van der Waals surface area contributed by atoms with Crippen molar-refractivity contribution in [3.8, 4) is 0 Å². The number of benzene rings is 3. The molecule has 0 N–H and O–H groups in total. The Morgan fingerprint density at radius 1 is 0.968 bits per heavy atom. The topological polar surface area (TPSA) is 94.3 Å². The zero-order valence-corrected chi connectivity index (χ0v) is 17.6. The molecular weight excluding hydrogens is 445 g/mol. The van der Waals surface area contributed by atoms with Crippen molar-refractivity contribution in [2.45, 2.75) is 22.4 Å². The number of hydrogen-bond acceptors (Lipinski definition) is 5. The molecule has 0 radical (unpaired) electrons. The van der Waals surface area contributed by atoms with Gasteiger partial charge in [0.25, 0.3) is 9.84 Å². The van der Waals surface area contributed by atoms with E-state index in [0.717, 1.165) is 12.1 Å². The summed E-state index contributed by atoms with van der Waals surface area (Å²) in [4.78, 5) is 22.7. The van der Waals surface area contributed by atoms with Crippen molar-refractivity contribution in [1.82, 2.24) is 0 Å². The minimum atomic E-state index is -5.14. The maximum atomic E-state index is 16.2. The maximum Gasteiger partial charge on any atom is 0.469 e. The molecular formula is C22H17ClFNO5S. The molecule has 3 aromatic rings. The second-order valence-corrected chi connectivity index (χ2v) is 9.27. The smallest absolute Gasteiger partial charge is 0.294 e. The van der Waals surface area contributed by atoms with Crippen LogP contribution in [0.1, 0.15) is 28.3 Å². The van der Waals surface area contributed by atoms with E-state index < -0.39 is 42.9 Å². The van der Waals surface area contributed by atoms with Gasteiger partial charge in [0, 0.05) is 17.0 Å². The van der Waals surface area contributed by atoms with Crippen molar-refractivity contribution < 1.29 is 22.5 Å². The van der Waals surface area contributed by atoms with E-state index in [9.17, 15) is 23.3 Å².